The van der Waals surface area contributed by atoms with Crippen molar-refractivity contribution in [1.82, 2.24) is 5.32 Å². The Balaban J connectivity index is 1.66. The van der Waals surface area contributed by atoms with E-state index in [4.69, 9.17) is 5.11 Å². The lowest BCUT2D eigenvalue weighted by Gasteiger charge is -2.17. The summed E-state index contributed by atoms with van der Waals surface area (Å²) in [5.74, 6) is 0.805. The minimum atomic E-state index is 0.116. The maximum absolute atomic E-state index is 9.17. The van der Waals surface area contributed by atoms with Gasteiger partial charge in [-0.25, -0.2) is 0 Å². The van der Waals surface area contributed by atoms with Crippen LogP contribution in [-0.2, 0) is 13.2 Å². The lowest BCUT2D eigenvalue weighted by molar-refractivity contribution is 0.281. The van der Waals surface area contributed by atoms with Crippen LogP contribution in [-0.4, -0.2) is 5.11 Å². The Labute approximate surface area is 118 Å². The van der Waals surface area contributed by atoms with E-state index >= 15 is 0 Å². The molecule has 1 fully saturated rings. The van der Waals surface area contributed by atoms with Crippen molar-refractivity contribution in [2.45, 2.75) is 32.0 Å². The van der Waals surface area contributed by atoms with Gasteiger partial charge in [0.25, 0.3) is 0 Å². The summed E-state index contributed by atoms with van der Waals surface area (Å²) in [6.45, 7) is 0.984. The first-order valence-electron chi connectivity index (χ1n) is 6.82. The second-order valence-electron chi connectivity index (χ2n) is 5.19. The van der Waals surface area contributed by atoms with Crippen LogP contribution in [0.3, 0.4) is 0 Å². The number of benzene rings is 1. The Kier molecular flexibility index (Phi) is 3.97. The van der Waals surface area contributed by atoms with Crippen LogP contribution >= 0.6 is 11.3 Å². The van der Waals surface area contributed by atoms with Crippen molar-refractivity contribution in [1.29, 1.82) is 0 Å². The predicted octanol–water partition coefficient (Wildman–Crippen LogP) is 3.48. The molecule has 1 saturated carbocycles. The highest BCUT2D eigenvalue weighted by Gasteiger charge is 2.32. The second-order valence-corrected chi connectivity index (χ2v) is 6.17. The minimum absolute atomic E-state index is 0.116. The fraction of sp³-hybridized carbons (Fsp3) is 0.375. The summed E-state index contributed by atoms with van der Waals surface area (Å²) in [6.07, 6.45) is 2.68. The topological polar surface area (TPSA) is 32.3 Å². The van der Waals surface area contributed by atoms with Gasteiger partial charge in [0.2, 0.25) is 0 Å². The zero-order valence-corrected chi connectivity index (χ0v) is 11.7. The Morgan fingerprint density at radius 2 is 2.05 bits per heavy atom. The van der Waals surface area contributed by atoms with Crippen molar-refractivity contribution in [3.63, 3.8) is 0 Å². The van der Waals surface area contributed by atoms with E-state index in [2.05, 4.69) is 35.0 Å². The molecule has 3 heteroatoms. The van der Waals surface area contributed by atoms with E-state index in [1.54, 1.807) is 0 Å². The molecule has 0 aliphatic heterocycles. The normalized spacial score (nSPS) is 16.5. The van der Waals surface area contributed by atoms with Gasteiger partial charge in [0.1, 0.15) is 0 Å². The third-order valence-corrected chi connectivity index (χ3v) is 4.60. The molecule has 1 atom stereocenters. The maximum Gasteiger partial charge on any atom is 0.0681 e. The molecule has 0 radical (unpaired) electrons. The van der Waals surface area contributed by atoms with Crippen LogP contribution in [0.25, 0.3) is 0 Å². The predicted molar refractivity (Wildman–Crippen MR) is 79.0 cm³/mol. The van der Waals surface area contributed by atoms with Gasteiger partial charge in [-0.15, -0.1) is 11.3 Å². The molecule has 1 unspecified atom stereocenters. The largest absolute Gasteiger partial charge is 0.392 e. The van der Waals surface area contributed by atoms with Crippen LogP contribution in [0.15, 0.2) is 41.8 Å². The number of thiophene rings is 1. The van der Waals surface area contributed by atoms with Gasteiger partial charge < -0.3 is 10.4 Å². The van der Waals surface area contributed by atoms with Gasteiger partial charge in [-0.05, 0) is 41.3 Å². The van der Waals surface area contributed by atoms with Crippen molar-refractivity contribution >= 4 is 11.3 Å². The van der Waals surface area contributed by atoms with Crippen LogP contribution in [0, 0.1) is 5.92 Å². The average Bonchev–Trinajstić information content (AvgIpc) is 3.14. The molecule has 100 valence electrons. The highest BCUT2D eigenvalue weighted by atomic mass is 32.1. The van der Waals surface area contributed by atoms with Crippen LogP contribution in [0.4, 0.5) is 0 Å². The molecule has 3 rings (SSSR count). The van der Waals surface area contributed by atoms with Gasteiger partial charge in [-0.3, -0.25) is 0 Å². The van der Waals surface area contributed by atoms with Crippen molar-refractivity contribution in [3.05, 3.63) is 57.8 Å². The standard InChI is InChI=1S/C16H19NOS/c18-11-13-4-1-3-12(9-13)10-17-16(14-6-7-14)15-5-2-8-19-15/h1-5,8-9,14,16-18H,6-7,10-11H2. The summed E-state index contributed by atoms with van der Waals surface area (Å²) in [7, 11) is 0. The average molecular weight is 273 g/mol. The quantitative estimate of drug-likeness (QED) is 0.844. The highest BCUT2D eigenvalue weighted by molar-refractivity contribution is 7.10. The molecule has 1 aromatic carbocycles. The lowest BCUT2D eigenvalue weighted by atomic mass is 10.1. The fourth-order valence-electron chi connectivity index (χ4n) is 2.46. The molecule has 2 nitrogen and oxygen atoms in total. The van der Waals surface area contributed by atoms with Crippen LogP contribution in [0.1, 0.15) is 34.9 Å². The van der Waals surface area contributed by atoms with Gasteiger partial charge >= 0.3 is 0 Å². The molecule has 1 aromatic heterocycles. The van der Waals surface area contributed by atoms with E-state index in [0.29, 0.717) is 6.04 Å². The first kappa shape index (κ1) is 12.9. The van der Waals surface area contributed by atoms with Crippen LogP contribution in [0.2, 0.25) is 0 Å². The van der Waals surface area contributed by atoms with Crippen molar-refractivity contribution < 1.29 is 5.11 Å². The Hall–Kier alpha value is -1.16. The SMILES string of the molecule is OCc1cccc(CNC(c2cccs2)C2CC2)c1. The lowest BCUT2D eigenvalue weighted by Crippen LogP contribution is -2.21. The van der Waals surface area contributed by atoms with Crippen molar-refractivity contribution in [2.24, 2.45) is 5.92 Å². The number of rotatable bonds is 6. The van der Waals surface area contributed by atoms with Crippen molar-refractivity contribution in [3.8, 4) is 0 Å². The van der Waals surface area contributed by atoms with E-state index in [-0.39, 0.29) is 6.61 Å². The second kappa shape index (κ2) is 5.87. The van der Waals surface area contributed by atoms with Gasteiger partial charge in [0.15, 0.2) is 0 Å². The van der Waals surface area contributed by atoms with Crippen LogP contribution < -0.4 is 5.32 Å². The van der Waals surface area contributed by atoms with Crippen LogP contribution in [0.5, 0.6) is 0 Å². The summed E-state index contributed by atoms with van der Waals surface area (Å²) in [6, 6.07) is 13.0. The highest BCUT2D eigenvalue weighted by Crippen LogP contribution is 2.42. The third-order valence-electron chi connectivity index (χ3n) is 3.64. The minimum Gasteiger partial charge on any atom is -0.392 e. The molecule has 2 aromatic rings. The van der Waals surface area contributed by atoms with Gasteiger partial charge in [0, 0.05) is 17.5 Å². The smallest absolute Gasteiger partial charge is 0.0681 e. The zero-order valence-electron chi connectivity index (χ0n) is 10.9. The first-order valence-corrected chi connectivity index (χ1v) is 7.70. The molecule has 19 heavy (non-hydrogen) atoms. The molecule has 0 bridgehead atoms. The van der Waals surface area contributed by atoms with E-state index in [0.717, 1.165) is 18.0 Å². The monoisotopic (exact) mass is 273 g/mol. The number of nitrogens with one attached hydrogen (secondary N) is 1. The van der Waals surface area contributed by atoms with Gasteiger partial charge in [-0.2, -0.15) is 0 Å². The first-order chi connectivity index (χ1) is 9.36. The number of hydrogen-bond donors (Lipinski definition) is 2. The van der Waals surface area contributed by atoms with E-state index in [9.17, 15) is 0 Å². The Morgan fingerprint density at radius 1 is 1.21 bits per heavy atom. The van der Waals surface area contributed by atoms with Gasteiger partial charge in [-0.1, -0.05) is 30.3 Å². The van der Waals surface area contributed by atoms with Gasteiger partial charge in [0.05, 0.1) is 6.61 Å². The molecular formula is C16H19NOS. The molecule has 0 amide bonds. The number of aliphatic hydroxyl groups excluding tert-OH is 1. The Morgan fingerprint density at radius 3 is 2.74 bits per heavy atom. The molecule has 0 saturated heterocycles. The molecular weight excluding hydrogens is 254 g/mol. The fourth-order valence-corrected chi connectivity index (χ4v) is 3.36. The summed E-state index contributed by atoms with van der Waals surface area (Å²) in [4.78, 5) is 1.45. The molecule has 0 spiro atoms. The Bertz CT molecular complexity index is 519. The zero-order chi connectivity index (χ0) is 13.1. The summed E-state index contributed by atoms with van der Waals surface area (Å²) >= 11 is 1.84. The molecule has 1 aliphatic rings. The van der Waals surface area contributed by atoms with E-state index in [1.807, 2.05) is 23.5 Å². The summed E-state index contributed by atoms with van der Waals surface area (Å²) in [5, 5.41) is 15.0. The number of aliphatic hydroxyl groups is 1. The third kappa shape index (κ3) is 3.24. The summed E-state index contributed by atoms with van der Waals surface area (Å²) < 4.78 is 0. The maximum atomic E-state index is 9.17. The summed E-state index contributed by atoms with van der Waals surface area (Å²) in [5.41, 5.74) is 2.23. The molecule has 1 heterocycles. The number of hydrogen-bond acceptors (Lipinski definition) is 3. The van der Waals surface area contributed by atoms with E-state index in [1.165, 1.54) is 23.3 Å². The van der Waals surface area contributed by atoms with E-state index < -0.39 is 0 Å². The molecule has 1 aliphatic carbocycles. The van der Waals surface area contributed by atoms with Crippen molar-refractivity contribution in [2.75, 3.05) is 0 Å². The molecule has 2 N–H and O–H groups in total.